The molecule has 0 heterocycles. The molecule has 0 aliphatic carbocycles. The molecule has 1 rings (SSSR count). The summed E-state index contributed by atoms with van der Waals surface area (Å²) in [5, 5.41) is 10.2. The summed E-state index contributed by atoms with van der Waals surface area (Å²) in [6.45, 7) is 0. The van der Waals surface area contributed by atoms with Crippen LogP contribution >= 0.6 is 11.6 Å². The molecule has 0 saturated heterocycles. The van der Waals surface area contributed by atoms with Gasteiger partial charge >= 0.3 is 24.2 Å². The number of rotatable bonds is 4. The molecule has 1 aromatic rings. The van der Waals surface area contributed by atoms with E-state index in [4.69, 9.17) is 16.7 Å². The van der Waals surface area contributed by atoms with Gasteiger partial charge in [0, 0.05) is 5.02 Å². The van der Waals surface area contributed by atoms with E-state index in [1.807, 2.05) is 0 Å². The molecule has 4 nitrogen and oxygen atoms in total. The van der Waals surface area contributed by atoms with E-state index >= 15 is 0 Å². The predicted octanol–water partition coefficient (Wildman–Crippen LogP) is 2.88. The van der Waals surface area contributed by atoms with Gasteiger partial charge in [-0.2, -0.15) is 8.78 Å². The van der Waals surface area contributed by atoms with Crippen molar-refractivity contribution >= 4 is 29.2 Å². The molecule has 0 bridgehead atoms. The van der Waals surface area contributed by atoms with Crippen molar-refractivity contribution in [1.29, 1.82) is 0 Å². The van der Waals surface area contributed by atoms with Crippen LogP contribution in [-0.4, -0.2) is 29.3 Å². The second-order valence-electron chi connectivity index (χ2n) is 3.37. The first-order valence-corrected chi connectivity index (χ1v) is 5.04. The van der Waals surface area contributed by atoms with Crippen molar-refractivity contribution in [2.24, 2.45) is 0 Å². The number of alkyl halides is 4. The molecular weight excluding hydrogens is 294 g/mol. The number of nitrogens with one attached hydrogen (secondary N) is 1. The van der Waals surface area contributed by atoms with Gasteiger partial charge in [-0.25, -0.2) is 13.6 Å². The zero-order chi connectivity index (χ0) is 14.8. The van der Waals surface area contributed by atoms with E-state index in [1.54, 1.807) is 0 Å². The Kier molecular flexibility index (Phi) is 4.35. The largest absolute Gasteiger partial charge is 0.478 e. The molecule has 0 unspecified atom stereocenters. The summed E-state index contributed by atoms with van der Waals surface area (Å²) in [6.07, 6.45) is -4.20. The van der Waals surface area contributed by atoms with Gasteiger partial charge in [0.15, 0.2) is 0 Å². The normalized spacial score (nSPS) is 11.5. The lowest BCUT2D eigenvalue weighted by Gasteiger charge is -2.15. The standard InChI is InChI=1S/C10H6ClF4NO3/c11-4-1-2-6(5(3-4)7(17)18)16-9(19)10(14,15)8(12)13/h1-3,8H,(H,16,19)(H,17,18). The summed E-state index contributed by atoms with van der Waals surface area (Å²) in [4.78, 5) is 21.8. The Morgan fingerprint density at radius 1 is 1.32 bits per heavy atom. The number of carbonyl (C=O) groups excluding carboxylic acids is 1. The van der Waals surface area contributed by atoms with Crippen molar-refractivity contribution in [1.82, 2.24) is 0 Å². The Morgan fingerprint density at radius 2 is 1.89 bits per heavy atom. The zero-order valence-corrected chi connectivity index (χ0v) is 9.72. The molecule has 9 heteroatoms. The summed E-state index contributed by atoms with van der Waals surface area (Å²) in [6, 6.07) is 2.93. The average Bonchev–Trinajstić information content (AvgIpc) is 2.30. The van der Waals surface area contributed by atoms with Gasteiger partial charge in [0.05, 0.1) is 11.3 Å². The minimum absolute atomic E-state index is 0.0176. The maximum atomic E-state index is 12.7. The molecule has 1 aromatic carbocycles. The molecule has 104 valence electrons. The first-order chi connectivity index (χ1) is 8.66. The van der Waals surface area contributed by atoms with Crippen molar-refractivity contribution in [3.8, 4) is 0 Å². The number of amides is 1. The summed E-state index contributed by atoms with van der Waals surface area (Å²) in [7, 11) is 0. The van der Waals surface area contributed by atoms with Crippen LogP contribution in [0.1, 0.15) is 10.4 Å². The summed E-state index contributed by atoms with van der Waals surface area (Å²) >= 11 is 5.49. The van der Waals surface area contributed by atoms with Crippen LogP contribution in [0, 0.1) is 0 Å². The quantitative estimate of drug-likeness (QED) is 0.840. The van der Waals surface area contributed by atoms with Gasteiger partial charge in [0.2, 0.25) is 0 Å². The molecule has 0 saturated carbocycles. The predicted molar refractivity (Wildman–Crippen MR) is 58.0 cm³/mol. The molecule has 0 atom stereocenters. The number of halogens is 5. The Balaban J connectivity index is 3.07. The number of benzene rings is 1. The van der Waals surface area contributed by atoms with Crippen molar-refractivity contribution in [3.05, 3.63) is 28.8 Å². The Morgan fingerprint density at radius 3 is 2.37 bits per heavy atom. The van der Waals surface area contributed by atoms with Crippen molar-refractivity contribution < 1.29 is 32.3 Å². The van der Waals surface area contributed by atoms with E-state index in [1.165, 1.54) is 5.32 Å². The molecule has 2 N–H and O–H groups in total. The van der Waals surface area contributed by atoms with Crippen LogP contribution < -0.4 is 5.32 Å². The lowest BCUT2D eigenvalue weighted by molar-refractivity contribution is -0.163. The van der Waals surface area contributed by atoms with E-state index in [0.29, 0.717) is 0 Å². The number of anilines is 1. The first-order valence-electron chi connectivity index (χ1n) is 4.66. The molecule has 0 aliphatic rings. The van der Waals surface area contributed by atoms with Gasteiger partial charge < -0.3 is 10.4 Å². The smallest absolute Gasteiger partial charge is 0.383 e. The van der Waals surface area contributed by atoms with Crippen molar-refractivity contribution in [2.45, 2.75) is 12.3 Å². The Labute approximate surface area is 109 Å². The minimum atomic E-state index is -4.92. The van der Waals surface area contributed by atoms with E-state index in [0.717, 1.165) is 18.2 Å². The second kappa shape index (κ2) is 5.43. The number of aromatic carboxylic acids is 1. The van der Waals surface area contributed by atoms with Gasteiger partial charge in [-0.1, -0.05) is 11.6 Å². The lowest BCUT2D eigenvalue weighted by Crippen LogP contribution is -2.41. The van der Waals surface area contributed by atoms with Crippen LogP contribution in [0.2, 0.25) is 5.02 Å². The number of hydrogen-bond acceptors (Lipinski definition) is 2. The van der Waals surface area contributed by atoms with Gasteiger partial charge in [-0.15, -0.1) is 0 Å². The lowest BCUT2D eigenvalue weighted by atomic mass is 10.1. The fourth-order valence-corrected chi connectivity index (χ4v) is 1.28. The summed E-state index contributed by atoms with van der Waals surface area (Å²) in [5.74, 6) is -8.78. The highest BCUT2D eigenvalue weighted by Gasteiger charge is 2.49. The molecule has 1 amide bonds. The van der Waals surface area contributed by atoms with Gasteiger partial charge in [-0.3, -0.25) is 4.79 Å². The minimum Gasteiger partial charge on any atom is -0.478 e. The first kappa shape index (κ1) is 15.2. The molecule has 0 aliphatic heterocycles. The second-order valence-corrected chi connectivity index (χ2v) is 3.81. The van der Waals surface area contributed by atoms with Crippen molar-refractivity contribution in [2.75, 3.05) is 5.32 Å². The maximum absolute atomic E-state index is 12.7. The third-order valence-corrected chi connectivity index (χ3v) is 2.27. The zero-order valence-electron chi connectivity index (χ0n) is 8.96. The summed E-state index contributed by atoms with van der Waals surface area (Å²) in [5.41, 5.74) is -1.15. The fourth-order valence-electron chi connectivity index (χ4n) is 1.11. The monoisotopic (exact) mass is 299 g/mol. The third-order valence-electron chi connectivity index (χ3n) is 2.04. The van der Waals surface area contributed by atoms with Crippen molar-refractivity contribution in [3.63, 3.8) is 0 Å². The Hall–Kier alpha value is -1.83. The maximum Gasteiger partial charge on any atom is 0.383 e. The number of carbonyl (C=O) groups is 2. The van der Waals surface area contributed by atoms with Crippen LogP contribution in [0.25, 0.3) is 0 Å². The number of carboxylic acid groups (broad SMARTS) is 1. The van der Waals surface area contributed by atoms with Crippen LogP contribution in [-0.2, 0) is 4.79 Å². The molecular formula is C10H6ClF4NO3. The molecule has 0 radical (unpaired) electrons. The summed E-state index contributed by atoms with van der Waals surface area (Å²) < 4.78 is 49.3. The SMILES string of the molecule is O=C(O)c1cc(Cl)ccc1NC(=O)C(F)(F)C(F)F. The molecule has 19 heavy (non-hydrogen) atoms. The van der Waals surface area contributed by atoms with Crippen LogP contribution in [0.5, 0.6) is 0 Å². The van der Waals surface area contributed by atoms with Crippen LogP contribution in [0.3, 0.4) is 0 Å². The molecule has 0 spiro atoms. The Bertz CT molecular complexity index is 521. The van der Waals surface area contributed by atoms with E-state index in [-0.39, 0.29) is 5.02 Å². The number of carboxylic acids is 1. The third kappa shape index (κ3) is 3.34. The highest BCUT2D eigenvalue weighted by atomic mass is 35.5. The topological polar surface area (TPSA) is 66.4 Å². The molecule has 0 aromatic heterocycles. The van der Waals surface area contributed by atoms with Crippen LogP contribution in [0.15, 0.2) is 18.2 Å². The van der Waals surface area contributed by atoms with E-state index in [2.05, 4.69) is 0 Å². The number of hydrogen-bond donors (Lipinski definition) is 2. The van der Waals surface area contributed by atoms with E-state index < -0.39 is 35.5 Å². The highest BCUT2D eigenvalue weighted by molar-refractivity contribution is 6.31. The average molecular weight is 300 g/mol. The highest BCUT2D eigenvalue weighted by Crippen LogP contribution is 2.27. The van der Waals surface area contributed by atoms with Crippen LogP contribution in [0.4, 0.5) is 23.2 Å². The van der Waals surface area contributed by atoms with Gasteiger partial charge in [0.25, 0.3) is 0 Å². The fraction of sp³-hybridized carbons (Fsp3) is 0.200. The molecule has 0 fully saturated rings. The van der Waals surface area contributed by atoms with Gasteiger partial charge in [0.1, 0.15) is 0 Å². The van der Waals surface area contributed by atoms with E-state index in [9.17, 15) is 27.2 Å². The van der Waals surface area contributed by atoms with Gasteiger partial charge in [-0.05, 0) is 18.2 Å².